The van der Waals surface area contributed by atoms with Gasteiger partial charge in [0.2, 0.25) is 10.0 Å². The number of hydrogen-bond donors (Lipinski definition) is 2. The van der Waals surface area contributed by atoms with Gasteiger partial charge in [0, 0.05) is 18.0 Å². The van der Waals surface area contributed by atoms with Gasteiger partial charge in [-0.3, -0.25) is 0 Å². The average molecular weight is 296 g/mol. The Morgan fingerprint density at radius 2 is 1.95 bits per heavy atom. The third kappa shape index (κ3) is 3.63. The maximum Gasteiger partial charge on any atom is 0.240 e. The monoisotopic (exact) mass is 296 g/mol. The van der Waals surface area contributed by atoms with Crippen LogP contribution in [0, 0.1) is 0 Å². The van der Waals surface area contributed by atoms with Crippen LogP contribution in [0.15, 0.2) is 46.7 Å². The fourth-order valence-corrected chi connectivity index (χ4v) is 3.77. The van der Waals surface area contributed by atoms with E-state index in [4.69, 9.17) is 5.73 Å². The molecule has 0 bridgehead atoms. The molecular weight excluding hydrogens is 280 g/mol. The molecule has 0 unspecified atom stereocenters. The van der Waals surface area contributed by atoms with E-state index in [0.29, 0.717) is 18.5 Å². The van der Waals surface area contributed by atoms with Crippen LogP contribution >= 0.6 is 11.3 Å². The second-order valence-electron chi connectivity index (χ2n) is 4.04. The van der Waals surface area contributed by atoms with Crippen molar-refractivity contribution < 1.29 is 8.42 Å². The van der Waals surface area contributed by atoms with E-state index in [0.717, 1.165) is 4.88 Å². The Morgan fingerprint density at radius 1 is 1.16 bits per heavy atom. The molecule has 0 fully saturated rings. The molecule has 0 aliphatic rings. The van der Waals surface area contributed by atoms with Crippen molar-refractivity contribution in [3.05, 3.63) is 52.2 Å². The standard InChI is InChI=1S/C13H16N2O2S2/c14-10-11-4-1-2-6-13(11)19(16,17)15-8-7-12-5-3-9-18-12/h1-6,9,15H,7-8,10,14H2. The Labute approximate surface area is 117 Å². The zero-order valence-electron chi connectivity index (χ0n) is 10.4. The highest BCUT2D eigenvalue weighted by Gasteiger charge is 2.16. The summed E-state index contributed by atoms with van der Waals surface area (Å²) in [6.07, 6.45) is 0.696. The van der Waals surface area contributed by atoms with Gasteiger partial charge in [0.05, 0.1) is 4.90 Å². The van der Waals surface area contributed by atoms with Crippen LogP contribution in [0.4, 0.5) is 0 Å². The van der Waals surface area contributed by atoms with Crippen LogP contribution in [0.2, 0.25) is 0 Å². The molecule has 2 rings (SSSR count). The van der Waals surface area contributed by atoms with Gasteiger partial charge in [-0.05, 0) is 29.5 Å². The van der Waals surface area contributed by atoms with Gasteiger partial charge < -0.3 is 5.73 Å². The van der Waals surface area contributed by atoms with E-state index in [1.807, 2.05) is 17.5 Å². The Morgan fingerprint density at radius 3 is 2.63 bits per heavy atom. The molecule has 0 spiro atoms. The van der Waals surface area contributed by atoms with Gasteiger partial charge in [-0.15, -0.1) is 11.3 Å². The van der Waals surface area contributed by atoms with Crippen molar-refractivity contribution in [2.24, 2.45) is 5.73 Å². The minimum atomic E-state index is -3.48. The summed E-state index contributed by atoms with van der Waals surface area (Å²) in [6, 6.07) is 10.7. The van der Waals surface area contributed by atoms with Gasteiger partial charge in [-0.25, -0.2) is 13.1 Å². The largest absolute Gasteiger partial charge is 0.326 e. The second-order valence-corrected chi connectivity index (χ2v) is 6.81. The molecule has 0 amide bonds. The van der Waals surface area contributed by atoms with Crippen LogP contribution in [0.5, 0.6) is 0 Å². The Kier molecular flexibility index (Phi) is 4.71. The Bertz CT molecular complexity index is 622. The third-order valence-corrected chi connectivity index (χ3v) is 5.22. The van der Waals surface area contributed by atoms with E-state index in [2.05, 4.69) is 4.72 Å². The molecule has 6 heteroatoms. The fraction of sp³-hybridized carbons (Fsp3) is 0.231. The molecule has 19 heavy (non-hydrogen) atoms. The third-order valence-electron chi connectivity index (χ3n) is 2.73. The van der Waals surface area contributed by atoms with E-state index >= 15 is 0 Å². The maximum atomic E-state index is 12.2. The van der Waals surface area contributed by atoms with Crippen molar-refractivity contribution in [3.8, 4) is 0 Å². The van der Waals surface area contributed by atoms with Gasteiger partial charge >= 0.3 is 0 Å². The SMILES string of the molecule is NCc1ccccc1S(=O)(=O)NCCc1cccs1. The first kappa shape index (κ1) is 14.2. The van der Waals surface area contributed by atoms with Crippen LogP contribution in [0.25, 0.3) is 0 Å². The van der Waals surface area contributed by atoms with E-state index in [1.54, 1.807) is 35.6 Å². The number of sulfonamides is 1. The van der Waals surface area contributed by atoms with Crippen molar-refractivity contribution in [2.45, 2.75) is 17.9 Å². The first-order valence-corrected chi connectivity index (χ1v) is 8.30. The lowest BCUT2D eigenvalue weighted by atomic mass is 10.2. The number of thiophene rings is 1. The number of nitrogens with one attached hydrogen (secondary N) is 1. The smallest absolute Gasteiger partial charge is 0.240 e. The van der Waals surface area contributed by atoms with Crippen LogP contribution < -0.4 is 10.5 Å². The molecule has 1 aromatic carbocycles. The van der Waals surface area contributed by atoms with Crippen LogP contribution in [-0.4, -0.2) is 15.0 Å². The minimum absolute atomic E-state index is 0.210. The summed E-state index contributed by atoms with van der Waals surface area (Å²) in [5.41, 5.74) is 6.19. The molecule has 0 radical (unpaired) electrons. The maximum absolute atomic E-state index is 12.2. The highest BCUT2D eigenvalue weighted by molar-refractivity contribution is 7.89. The summed E-state index contributed by atoms with van der Waals surface area (Å²) in [5, 5.41) is 1.98. The number of rotatable bonds is 6. The predicted molar refractivity (Wildman–Crippen MR) is 77.5 cm³/mol. The second kappa shape index (κ2) is 6.29. The lowest BCUT2D eigenvalue weighted by Gasteiger charge is -2.09. The first-order valence-electron chi connectivity index (χ1n) is 5.93. The van der Waals surface area contributed by atoms with Gasteiger partial charge in [0.25, 0.3) is 0 Å². The predicted octanol–water partition coefficient (Wildman–Crippen LogP) is 1.73. The van der Waals surface area contributed by atoms with Crippen molar-refractivity contribution >= 4 is 21.4 Å². The summed E-state index contributed by atoms with van der Waals surface area (Å²) in [4.78, 5) is 1.43. The van der Waals surface area contributed by atoms with Crippen LogP contribution in [-0.2, 0) is 23.0 Å². The molecule has 1 aromatic heterocycles. The first-order chi connectivity index (χ1) is 9.13. The summed E-state index contributed by atoms with van der Waals surface area (Å²) >= 11 is 1.62. The zero-order valence-corrected chi connectivity index (χ0v) is 12.0. The molecule has 2 aromatic rings. The number of benzene rings is 1. The van der Waals surface area contributed by atoms with Crippen molar-refractivity contribution in [3.63, 3.8) is 0 Å². The molecule has 1 heterocycles. The average Bonchev–Trinajstić information content (AvgIpc) is 2.91. The molecular formula is C13H16N2O2S2. The number of nitrogens with two attached hydrogens (primary N) is 1. The van der Waals surface area contributed by atoms with E-state index < -0.39 is 10.0 Å². The molecule has 102 valence electrons. The zero-order chi connectivity index (χ0) is 13.7. The van der Waals surface area contributed by atoms with Crippen LogP contribution in [0.1, 0.15) is 10.4 Å². The quantitative estimate of drug-likeness (QED) is 0.852. The molecule has 3 N–H and O–H groups in total. The number of hydrogen-bond acceptors (Lipinski definition) is 4. The molecule has 0 saturated heterocycles. The van der Waals surface area contributed by atoms with Crippen LogP contribution in [0.3, 0.4) is 0 Å². The van der Waals surface area contributed by atoms with Crippen molar-refractivity contribution in [1.82, 2.24) is 4.72 Å². The van der Waals surface area contributed by atoms with E-state index in [1.165, 1.54) is 0 Å². The van der Waals surface area contributed by atoms with Crippen molar-refractivity contribution in [2.75, 3.05) is 6.54 Å². The van der Waals surface area contributed by atoms with Gasteiger partial charge in [-0.1, -0.05) is 24.3 Å². The lowest BCUT2D eigenvalue weighted by molar-refractivity contribution is 0.580. The summed E-state index contributed by atoms with van der Waals surface area (Å²) in [7, 11) is -3.48. The Balaban J connectivity index is 2.05. The van der Waals surface area contributed by atoms with E-state index in [-0.39, 0.29) is 11.4 Å². The highest BCUT2D eigenvalue weighted by atomic mass is 32.2. The highest BCUT2D eigenvalue weighted by Crippen LogP contribution is 2.15. The summed E-state index contributed by atoms with van der Waals surface area (Å²) < 4.78 is 27.0. The Hall–Kier alpha value is -1.21. The molecule has 0 saturated carbocycles. The summed E-state index contributed by atoms with van der Waals surface area (Å²) in [5.74, 6) is 0. The van der Waals surface area contributed by atoms with Gasteiger partial charge in [0.15, 0.2) is 0 Å². The minimum Gasteiger partial charge on any atom is -0.326 e. The summed E-state index contributed by atoms with van der Waals surface area (Å²) in [6.45, 7) is 0.601. The van der Waals surface area contributed by atoms with Crippen molar-refractivity contribution in [1.29, 1.82) is 0 Å². The molecule has 0 aliphatic carbocycles. The molecule has 0 atom stereocenters. The normalized spacial score (nSPS) is 11.6. The lowest BCUT2D eigenvalue weighted by Crippen LogP contribution is -2.27. The topological polar surface area (TPSA) is 72.2 Å². The van der Waals surface area contributed by atoms with Gasteiger partial charge in [0.1, 0.15) is 0 Å². The fourth-order valence-electron chi connectivity index (χ4n) is 1.78. The van der Waals surface area contributed by atoms with Gasteiger partial charge in [-0.2, -0.15) is 0 Å². The van der Waals surface area contributed by atoms with E-state index in [9.17, 15) is 8.42 Å². The molecule has 4 nitrogen and oxygen atoms in total. The molecule has 0 aliphatic heterocycles.